The number of benzene rings is 1. The third-order valence-electron chi connectivity index (χ3n) is 5.87. The van der Waals surface area contributed by atoms with E-state index in [0.717, 1.165) is 35.7 Å². The molecule has 0 saturated carbocycles. The van der Waals surface area contributed by atoms with Gasteiger partial charge in [0.2, 0.25) is 0 Å². The summed E-state index contributed by atoms with van der Waals surface area (Å²) in [5, 5.41) is 0. The van der Waals surface area contributed by atoms with Gasteiger partial charge in [-0.05, 0) is 37.0 Å². The van der Waals surface area contributed by atoms with Crippen molar-refractivity contribution in [3.05, 3.63) is 59.9 Å². The van der Waals surface area contributed by atoms with Crippen LogP contribution in [-0.2, 0) is 6.42 Å². The fourth-order valence-electron chi connectivity index (χ4n) is 4.16. The van der Waals surface area contributed by atoms with Gasteiger partial charge < -0.3 is 9.64 Å². The van der Waals surface area contributed by atoms with Crippen molar-refractivity contribution in [2.45, 2.75) is 25.8 Å². The van der Waals surface area contributed by atoms with Crippen molar-refractivity contribution in [1.82, 2.24) is 19.9 Å². The maximum absolute atomic E-state index is 14.4. The molecule has 0 bridgehead atoms. The molecule has 2 unspecified atom stereocenters. The molecule has 31 heavy (non-hydrogen) atoms. The Hall–Kier alpha value is -2.74. The average Bonchev–Trinajstić information content (AvgIpc) is 3.32. The molecular formula is C23H24FN5OS. The van der Waals surface area contributed by atoms with Gasteiger partial charge >= 0.3 is 0 Å². The fraction of sp³-hybridized carbons (Fsp3) is 0.391. The summed E-state index contributed by atoms with van der Waals surface area (Å²) in [5.74, 6) is 4.24. The second-order valence-electron chi connectivity index (χ2n) is 7.97. The van der Waals surface area contributed by atoms with Crippen LogP contribution in [-0.4, -0.2) is 44.6 Å². The summed E-state index contributed by atoms with van der Waals surface area (Å²) in [5.41, 5.74) is 2.86. The molecule has 1 saturated heterocycles. The summed E-state index contributed by atoms with van der Waals surface area (Å²) in [7, 11) is 0. The van der Waals surface area contributed by atoms with Crippen molar-refractivity contribution >= 4 is 17.4 Å². The summed E-state index contributed by atoms with van der Waals surface area (Å²) in [6.07, 6.45) is 7.13. The molecule has 0 spiro atoms. The van der Waals surface area contributed by atoms with Gasteiger partial charge in [0.05, 0.1) is 18.3 Å². The lowest BCUT2D eigenvalue weighted by Gasteiger charge is -2.36. The van der Waals surface area contributed by atoms with Gasteiger partial charge in [0.15, 0.2) is 11.6 Å². The maximum atomic E-state index is 14.4. The Kier molecular flexibility index (Phi) is 5.72. The van der Waals surface area contributed by atoms with Crippen molar-refractivity contribution in [2.24, 2.45) is 5.92 Å². The van der Waals surface area contributed by atoms with Gasteiger partial charge in [0.1, 0.15) is 11.6 Å². The number of hydrogen-bond donors (Lipinski definition) is 0. The van der Waals surface area contributed by atoms with Crippen LogP contribution in [0.1, 0.15) is 30.6 Å². The van der Waals surface area contributed by atoms with E-state index in [1.807, 2.05) is 24.0 Å². The average molecular weight is 438 g/mol. The summed E-state index contributed by atoms with van der Waals surface area (Å²) >= 11 is 1.96. The van der Waals surface area contributed by atoms with Crippen molar-refractivity contribution in [1.29, 1.82) is 0 Å². The topological polar surface area (TPSA) is 64.0 Å². The normalized spacial score (nSPS) is 20.5. The van der Waals surface area contributed by atoms with Gasteiger partial charge in [0.25, 0.3) is 0 Å². The predicted molar refractivity (Wildman–Crippen MR) is 120 cm³/mol. The van der Waals surface area contributed by atoms with E-state index in [0.29, 0.717) is 29.9 Å². The number of halogens is 1. The molecule has 2 aromatic heterocycles. The molecule has 2 aliphatic heterocycles. The van der Waals surface area contributed by atoms with Crippen LogP contribution in [0.15, 0.2) is 42.9 Å². The molecule has 1 fully saturated rings. The second kappa shape index (κ2) is 8.78. The summed E-state index contributed by atoms with van der Waals surface area (Å²) < 4.78 is 20.4. The van der Waals surface area contributed by atoms with Crippen LogP contribution in [0.4, 0.5) is 10.1 Å². The number of rotatable bonds is 5. The van der Waals surface area contributed by atoms with Crippen LogP contribution < -0.4 is 9.64 Å². The lowest BCUT2D eigenvalue weighted by molar-refractivity contribution is 0.262. The Labute approximate surface area is 185 Å². The van der Waals surface area contributed by atoms with Gasteiger partial charge in [-0.25, -0.2) is 24.3 Å². The monoisotopic (exact) mass is 437 g/mol. The highest BCUT2D eigenvalue weighted by molar-refractivity contribution is 7.99. The lowest BCUT2D eigenvalue weighted by atomic mass is 9.98. The van der Waals surface area contributed by atoms with Crippen molar-refractivity contribution in [3.63, 3.8) is 0 Å². The number of ether oxygens (including phenoxy) is 1. The number of aromatic nitrogens is 4. The summed E-state index contributed by atoms with van der Waals surface area (Å²) in [4.78, 5) is 19.9. The molecule has 5 rings (SSSR count). The first-order valence-electron chi connectivity index (χ1n) is 10.6. The van der Waals surface area contributed by atoms with Crippen molar-refractivity contribution in [2.75, 3.05) is 29.6 Å². The van der Waals surface area contributed by atoms with E-state index in [2.05, 4.69) is 26.8 Å². The molecule has 0 aliphatic carbocycles. The molecule has 2 atom stereocenters. The fourth-order valence-corrected chi connectivity index (χ4v) is 5.43. The third kappa shape index (κ3) is 4.35. The molecule has 4 heterocycles. The zero-order chi connectivity index (χ0) is 21.2. The molecule has 3 aromatic rings. The van der Waals surface area contributed by atoms with Gasteiger partial charge in [-0.3, -0.25) is 0 Å². The van der Waals surface area contributed by atoms with Gasteiger partial charge in [-0.2, -0.15) is 11.8 Å². The van der Waals surface area contributed by atoms with Gasteiger partial charge in [-0.15, -0.1) is 0 Å². The van der Waals surface area contributed by atoms with Gasteiger partial charge in [-0.1, -0.05) is 0 Å². The molecule has 160 valence electrons. The van der Waals surface area contributed by atoms with Crippen molar-refractivity contribution in [3.8, 4) is 17.4 Å². The second-order valence-corrected chi connectivity index (χ2v) is 9.12. The maximum Gasteiger partial charge on any atom is 0.197 e. The standard InChI is InChI=1S/C23H24FN5OS/c1-15-20-12-27-23(22-25-5-2-6-26-22)28-21(20)3-7-29(15)18-9-17(24)10-19(11-18)30-13-16-4-8-31-14-16/h2,5-6,9-12,15-16H,3-4,7-8,13-14H2,1H3. The van der Waals surface area contributed by atoms with Crippen LogP contribution in [0.25, 0.3) is 11.6 Å². The van der Waals surface area contributed by atoms with Crippen LogP contribution >= 0.6 is 11.8 Å². The molecule has 8 heteroatoms. The molecule has 0 N–H and O–H groups in total. The lowest BCUT2D eigenvalue weighted by Crippen LogP contribution is -2.34. The van der Waals surface area contributed by atoms with Crippen LogP contribution in [0.3, 0.4) is 0 Å². The van der Waals surface area contributed by atoms with Crippen LogP contribution in [0, 0.1) is 11.7 Å². The first-order chi connectivity index (χ1) is 15.2. The van der Waals surface area contributed by atoms with E-state index in [-0.39, 0.29) is 11.9 Å². The third-order valence-corrected chi connectivity index (χ3v) is 7.10. The highest BCUT2D eigenvalue weighted by Gasteiger charge is 2.27. The number of nitrogens with zero attached hydrogens (tertiary/aromatic N) is 5. The molecule has 0 radical (unpaired) electrons. The number of anilines is 1. The first kappa shape index (κ1) is 20.2. The SMILES string of the molecule is CC1c2cnc(-c3ncccn3)nc2CCN1c1cc(F)cc(OCC2CCSC2)c1. The predicted octanol–water partition coefficient (Wildman–Crippen LogP) is 4.33. The molecule has 6 nitrogen and oxygen atoms in total. The van der Waals surface area contributed by atoms with E-state index in [1.165, 1.54) is 18.2 Å². The highest BCUT2D eigenvalue weighted by Crippen LogP contribution is 2.35. The quantitative estimate of drug-likeness (QED) is 0.589. The minimum absolute atomic E-state index is 0.0235. The minimum atomic E-state index is -0.279. The Balaban J connectivity index is 1.36. The zero-order valence-electron chi connectivity index (χ0n) is 17.4. The van der Waals surface area contributed by atoms with E-state index in [9.17, 15) is 4.39 Å². The van der Waals surface area contributed by atoms with Crippen LogP contribution in [0.5, 0.6) is 5.75 Å². The van der Waals surface area contributed by atoms with Crippen LogP contribution in [0.2, 0.25) is 0 Å². The molecule has 0 amide bonds. The van der Waals surface area contributed by atoms with Gasteiger partial charge in [0, 0.05) is 60.9 Å². The van der Waals surface area contributed by atoms with Crippen molar-refractivity contribution < 1.29 is 9.13 Å². The summed E-state index contributed by atoms with van der Waals surface area (Å²) in [6, 6.07) is 6.79. The molecular weight excluding hydrogens is 413 g/mol. The highest BCUT2D eigenvalue weighted by atomic mass is 32.2. The Morgan fingerprint density at radius 1 is 1.16 bits per heavy atom. The Morgan fingerprint density at radius 3 is 2.84 bits per heavy atom. The minimum Gasteiger partial charge on any atom is -0.493 e. The Morgan fingerprint density at radius 2 is 2.03 bits per heavy atom. The number of hydrogen-bond acceptors (Lipinski definition) is 7. The molecule has 1 aromatic carbocycles. The number of fused-ring (bicyclic) bond motifs is 1. The summed E-state index contributed by atoms with van der Waals surface area (Å²) in [6.45, 7) is 3.48. The number of thioether (sulfide) groups is 1. The molecule has 2 aliphatic rings. The smallest absolute Gasteiger partial charge is 0.197 e. The first-order valence-corrected chi connectivity index (χ1v) is 11.7. The largest absolute Gasteiger partial charge is 0.493 e. The van der Waals surface area contributed by atoms with E-state index >= 15 is 0 Å². The van der Waals surface area contributed by atoms with E-state index < -0.39 is 0 Å². The zero-order valence-corrected chi connectivity index (χ0v) is 18.2. The Bertz CT molecular complexity index is 1060. The van der Waals surface area contributed by atoms with E-state index in [1.54, 1.807) is 24.5 Å². The van der Waals surface area contributed by atoms with E-state index in [4.69, 9.17) is 9.72 Å².